The normalized spacial score (nSPS) is 18.7. The van der Waals surface area contributed by atoms with Crippen LogP contribution in [-0.4, -0.2) is 4.98 Å². The van der Waals surface area contributed by atoms with Crippen molar-refractivity contribution < 1.29 is 0 Å². The third kappa shape index (κ3) is 2.37. The van der Waals surface area contributed by atoms with Crippen LogP contribution in [0.2, 0.25) is 0 Å². The Bertz CT molecular complexity index is 495. The molecule has 1 nitrogen and oxygen atoms in total. The maximum Gasteiger partial charge on any atom is 0.0347 e. The topological polar surface area (TPSA) is 12.9 Å². The van der Waals surface area contributed by atoms with E-state index in [0.717, 1.165) is 0 Å². The Morgan fingerprint density at radius 2 is 1.88 bits per heavy atom. The summed E-state index contributed by atoms with van der Waals surface area (Å²) >= 11 is 1.97. The molecule has 1 heterocycles. The van der Waals surface area contributed by atoms with Crippen LogP contribution in [0.1, 0.15) is 29.2 Å². The molecule has 17 heavy (non-hydrogen) atoms. The van der Waals surface area contributed by atoms with Crippen LogP contribution < -0.4 is 0 Å². The first kappa shape index (κ1) is 10.8. The molecule has 0 saturated carbocycles. The molecule has 1 aromatic heterocycles. The monoisotopic (exact) mass is 241 g/mol. The van der Waals surface area contributed by atoms with Crippen LogP contribution in [0, 0.1) is 0 Å². The zero-order valence-corrected chi connectivity index (χ0v) is 10.5. The molecule has 1 aliphatic carbocycles. The standard InChI is InChI=1S/C15H15NS/c1-2-6-14-12(4-1)5-3-7-15(14)17-13-8-10-16-11-9-13/h1-2,4,6,8-11,15H,3,5,7H2. The van der Waals surface area contributed by atoms with Gasteiger partial charge in [0.25, 0.3) is 0 Å². The molecule has 0 fully saturated rings. The second kappa shape index (κ2) is 4.92. The molecule has 1 unspecified atom stereocenters. The molecule has 2 aromatic rings. The summed E-state index contributed by atoms with van der Waals surface area (Å²) in [5, 5.41) is 0.613. The summed E-state index contributed by atoms with van der Waals surface area (Å²) in [5.41, 5.74) is 3.06. The molecular formula is C15H15NS. The third-order valence-electron chi connectivity index (χ3n) is 3.24. The lowest BCUT2D eigenvalue weighted by molar-refractivity contribution is 0.673. The lowest BCUT2D eigenvalue weighted by Gasteiger charge is -2.24. The molecule has 0 bridgehead atoms. The highest BCUT2D eigenvalue weighted by atomic mass is 32.2. The zero-order chi connectivity index (χ0) is 11.5. The van der Waals surface area contributed by atoms with Gasteiger partial charge < -0.3 is 0 Å². The largest absolute Gasteiger partial charge is 0.265 e. The van der Waals surface area contributed by atoms with Gasteiger partial charge in [-0.25, -0.2) is 0 Å². The van der Waals surface area contributed by atoms with E-state index in [-0.39, 0.29) is 0 Å². The summed E-state index contributed by atoms with van der Waals surface area (Å²) in [6.45, 7) is 0. The number of hydrogen-bond acceptors (Lipinski definition) is 2. The number of thioether (sulfide) groups is 1. The first-order valence-corrected chi connectivity index (χ1v) is 6.96. The van der Waals surface area contributed by atoms with E-state index < -0.39 is 0 Å². The minimum absolute atomic E-state index is 0.613. The van der Waals surface area contributed by atoms with E-state index in [1.807, 2.05) is 24.2 Å². The van der Waals surface area contributed by atoms with Gasteiger partial charge in [-0.05, 0) is 42.5 Å². The molecule has 1 aliphatic rings. The second-order valence-corrected chi connectivity index (χ2v) is 5.66. The van der Waals surface area contributed by atoms with Crippen molar-refractivity contribution in [2.24, 2.45) is 0 Å². The van der Waals surface area contributed by atoms with Gasteiger partial charge >= 0.3 is 0 Å². The highest BCUT2D eigenvalue weighted by molar-refractivity contribution is 7.99. The van der Waals surface area contributed by atoms with Gasteiger partial charge in [0, 0.05) is 22.5 Å². The number of hydrogen-bond donors (Lipinski definition) is 0. The van der Waals surface area contributed by atoms with Crippen LogP contribution in [0.5, 0.6) is 0 Å². The Balaban J connectivity index is 1.86. The Hall–Kier alpha value is -1.28. The van der Waals surface area contributed by atoms with E-state index in [9.17, 15) is 0 Å². The summed E-state index contributed by atoms with van der Waals surface area (Å²) in [7, 11) is 0. The number of fused-ring (bicyclic) bond motifs is 1. The molecule has 1 atom stereocenters. The van der Waals surface area contributed by atoms with Crippen LogP contribution in [0.15, 0.2) is 53.7 Å². The van der Waals surface area contributed by atoms with E-state index in [4.69, 9.17) is 0 Å². The van der Waals surface area contributed by atoms with Crippen LogP contribution in [0.3, 0.4) is 0 Å². The molecule has 86 valence electrons. The lowest BCUT2D eigenvalue weighted by Crippen LogP contribution is -2.06. The fourth-order valence-electron chi connectivity index (χ4n) is 2.41. The Morgan fingerprint density at radius 3 is 2.76 bits per heavy atom. The van der Waals surface area contributed by atoms with E-state index in [1.165, 1.54) is 35.3 Å². The number of benzene rings is 1. The molecule has 0 amide bonds. The summed E-state index contributed by atoms with van der Waals surface area (Å²) in [6, 6.07) is 13.1. The number of rotatable bonds is 2. The molecular weight excluding hydrogens is 226 g/mol. The molecule has 0 N–H and O–H groups in total. The highest BCUT2D eigenvalue weighted by Gasteiger charge is 2.20. The van der Waals surface area contributed by atoms with Crippen molar-refractivity contribution in [2.75, 3.05) is 0 Å². The SMILES string of the molecule is c1ccc2c(c1)CCCC2Sc1ccncc1. The number of aromatic nitrogens is 1. The Kier molecular flexibility index (Phi) is 3.14. The quantitative estimate of drug-likeness (QED) is 0.779. The number of nitrogens with zero attached hydrogens (tertiary/aromatic N) is 1. The summed E-state index contributed by atoms with van der Waals surface area (Å²) in [5.74, 6) is 0. The first-order chi connectivity index (χ1) is 8.43. The average molecular weight is 241 g/mol. The van der Waals surface area contributed by atoms with Gasteiger partial charge in [0.2, 0.25) is 0 Å². The minimum atomic E-state index is 0.613. The van der Waals surface area contributed by atoms with Gasteiger partial charge in [0.15, 0.2) is 0 Å². The van der Waals surface area contributed by atoms with Crippen LogP contribution in [0.4, 0.5) is 0 Å². The molecule has 0 aliphatic heterocycles. The molecule has 0 saturated heterocycles. The van der Waals surface area contributed by atoms with Crippen molar-refractivity contribution >= 4 is 11.8 Å². The maximum atomic E-state index is 4.07. The maximum absolute atomic E-state index is 4.07. The lowest BCUT2D eigenvalue weighted by atomic mass is 9.91. The summed E-state index contributed by atoms with van der Waals surface area (Å²) in [4.78, 5) is 5.39. The van der Waals surface area contributed by atoms with Crippen molar-refractivity contribution in [2.45, 2.75) is 29.4 Å². The molecule has 3 rings (SSSR count). The molecule has 0 radical (unpaired) electrons. The van der Waals surface area contributed by atoms with E-state index in [0.29, 0.717) is 5.25 Å². The predicted molar refractivity (Wildman–Crippen MR) is 72.2 cm³/mol. The number of pyridine rings is 1. The molecule has 1 aromatic carbocycles. The van der Waals surface area contributed by atoms with Crippen molar-refractivity contribution in [3.63, 3.8) is 0 Å². The van der Waals surface area contributed by atoms with Crippen LogP contribution in [0.25, 0.3) is 0 Å². The van der Waals surface area contributed by atoms with E-state index in [2.05, 4.69) is 41.4 Å². The minimum Gasteiger partial charge on any atom is -0.265 e. The van der Waals surface area contributed by atoms with Crippen molar-refractivity contribution in [1.29, 1.82) is 0 Å². The van der Waals surface area contributed by atoms with E-state index >= 15 is 0 Å². The summed E-state index contributed by atoms with van der Waals surface area (Å²) in [6.07, 6.45) is 7.57. The van der Waals surface area contributed by atoms with Crippen LogP contribution >= 0.6 is 11.8 Å². The predicted octanol–water partition coefficient (Wildman–Crippen LogP) is 4.25. The molecule has 0 spiro atoms. The third-order valence-corrected chi connectivity index (χ3v) is 4.56. The van der Waals surface area contributed by atoms with Gasteiger partial charge in [-0.1, -0.05) is 24.3 Å². The van der Waals surface area contributed by atoms with Gasteiger partial charge in [0.05, 0.1) is 0 Å². The smallest absolute Gasteiger partial charge is 0.0347 e. The fraction of sp³-hybridized carbons (Fsp3) is 0.267. The van der Waals surface area contributed by atoms with Gasteiger partial charge in [0.1, 0.15) is 0 Å². The van der Waals surface area contributed by atoms with Crippen molar-refractivity contribution in [3.05, 3.63) is 59.9 Å². The number of aryl methyl sites for hydroxylation is 1. The fourth-order valence-corrected chi connectivity index (χ4v) is 3.66. The highest BCUT2D eigenvalue weighted by Crippen LogP contribution is 2.42. The average Bonchev–Trinajstić information content (AvgIpc) is 2.40. The van der Waals surface area contributed by atoms with Crippen molar-refractivity contribution in [3.8, 4) is 0 Å². The first-order valence-electron chi connectivity index (χ1n) is 6.08. The van der Waals surface area contributed by atoms with Gasteiger partial charge in [-0.2, -0.15) is 0 Å². The second-order valence-electron chi connectivity index (χ2n) is 4.38. The van der Waals surface area contributed by atoms with Crippen LogP contribution in [-0.2, 0) is 6.42 Å². The molecule has 2 heteroatoms. The van der Waals surface area contributed by atoms with Gasteiger partial charge in [-0.15, -0.1) is 11.8 Å². The Morgan fingerprint density at radius 1 is 1.06 bits per heavy atom. The Labute approximate surface area is 106 Å². The van der Waals surface area contributed by atoms with Crippen molar-refractivity contribution in [1.82, 2.24) is 4.98 Å². The zero-order valence-electron chi connectivity index (χ0n) is 9.67. The van der Waals surface area contributed by atoms with E-state index in [1.54, 1.807) is 0 Å². The summed E-state index contributed by atoms with van der Waals surface area (Å²) < 4.78 is 0. The van der Waals surface area contributed by atoms with Gasteiger partial charge in [-0.3, -0.25) is 4.98 Å².